The molecule has 0 aromatic heterocycles. The molecule has 1 unspecified atom stereocenters. The van der Waals surface area contributed by atoms with E-state index in [0.29, 0.717) is 23.1 Å². The average molecular weight is 367 g/mol. The molecule has 0 nitrogen and oxygen atoms in total. The Morgan fingerprint density at radius 3 is 2.48 bits per heavy atom. The van der Waals surface area contributed by atoms with Gasteiger partial charge in [-0.05, 0) is 52.5 Å². The second kappa shape index (κ2) is 6.34. The fourth-order valence-electron chi connectivity index (χ4n) is 2.82. The maximum Gasteiger partial charge on any atom is 0.399 e. The Balaban J connectivity index is 2.00. The van der Waals surface area contributed by atoms with Crippen LogP contribution >= 0.6 is 11.6 Å². The second-order valence-electron chi connectivity index (χ2n) is 5.98. The molecule has 0 bridgehead atoms. The predicted molar refractivity (Wildman–Crippen MR) is 93.3 cm³/mol. The number of hydrogen-bond acceptors (Lipinski definition) is 0. The molecule has 3 rings (SSSR count). The highest BCUT2D eigenvalue weighted by molar-refractivity contribution is 6.31. The number of rotatable bonds is 4. The van der Waals surface area contributed by atoms with E-state index in [9.17, 15) is 17.6 Å². The summed E-state index contributed by atoms with van der Waals surface area (Å²) in [6.07, 6.45) is -3.49. The third kappa shape index (κ3) is 3.49. The van der Waals surface area contributed by atoms with Crippen molar-refractivity contribution in [2.75, 3.05) is 0 Å². The Morgan fingerprint density at radius 1 is 1.16 bits per heavy atom. The minimum Gasteiger partial charge on any atom is -0.207 e. The van der Waals surface area contributed by atoms with E-state index in [0.717, 1.165) is 16.7 Å². The summed E-state index contributed by atoms with van der Waals surface area (Å²) in [7, 11) is 0. The van der Waals surface area contributed by atoms with Gasteiger partial charge in [0.2, 0.25) is 0 Å². The van der Waals surface area contributed by atoms with Gasteiger partial charge in [0, 0.05) is 10.6 Å². The van der Waals surface area contributed by atoms with Crippen molar-refractivity contribution in [3.8, 4) is 0 Å². The molecule has 5 heteroatoms. The summed E-state index contributed by atoms with van der Waals surface area (Å²) in [5.41, 5.74) is 3.22. The van der Waals surface area contributed by atoms with E-state index in [-0.39, 0.29) is 11.1 Å². The standard InChI is InChI=1S/C20H15ClF4/c1-3-12-8-13(5-7-18(12)21)17(20(23,24)25)10-19(22)14-4-6-15-11(2)16(15)9-14/h4-10,17H,2-3H2,1H3/b19-10-. The van der Waals surface area contributed by atoms with E-state index < -0.39 is 17.9 Å². The lowest BCUT2D eigenvalue weighted by Gasteiger charge is -2.19. The summed E-state index contributed by atoms with van der Waals surface area (Å²) in [4.78, 5) is 0. The zero-order valence-electron chi connectivity index (χ0n) is 13.4. The van der Waals surface area contributed by atoms with Gasteiger partial charge in [-0.1, -0.05) is 49.4 Å². The van der Waals surface area contributed by atoms with Crippen LogP contribution in [0.1, 0.15) is 40.7 Å². The number of halogens is 5. The SMILES string of the molecule is C=C1c2ccc(/C(F)=C/C(c3ccc(Cl)c(CC)c3)C(F)(F)F)cc21. The van der Waals surface area contributed by atoms with Gasteiger partial charge in [-0.25, -0.2) is 4.39 Å². The fraction of sp³-hybridized carbons (Fsp3) is 0.200. The number of allylic oxidation sites excluding steroid dienone is 1. The Bertz CT molecular complexity index is 878. The summed E-state index contributed by atoms with van der Waals surface area (Å²) in [5, 5.41) is 0.404. The van der Waals surface area contributed by atoms with Gasteiger partial charge in [-0.15, -0.1) is 0 Å². The highest BCUT2D eigenvalue weighted by atomic mass is 35.5. The maximum atomic E-state index is 14.5. The Labute approximate surface area is 148 Å². The summed E-state index contributed by atoms with van der Waals surface area (Å²) in [6, 6.07) is 8.76. The minimum atomic E-state index is -4.61. The first-order valence-electron chi connectivity index (χ1n) is 7.78. The normalized spacial score (nSPS) is 15.1. The lowest BCUT2D eigenvalue weighted by molar-refractivity contribution is -0.139. The number of benzene rings is 2. The van der Waals surface area contributed by atoms with Crippen molar-refractivity contribution in [1.82, 2.24) is 0 Å². The number of hydrogen-bond donors (Lipinski definition) is 0. The molecule has 0 spiro atoms. The van der Waals surface area contributed by atoms with E-state index >= 15 is 0 Å². The molecule has 0 heterocycles. The first-order chi connectivity index (χ1) is 11.7. The zero-order chi connectivity index (χ0) is 18.4. The van der Waals surface area contributed by atoms with Crippen molar-refractivity contribution in [3.63, 3.8) is 0 Å². The summed E-state index contributed by atoms with van der Waals surface area (Å²) >= 11 is 5.97. The van der Waals surface area contributed by atoms with Gasteiger partial charge in [0.1, 0.15) is 11.7 Å². The minimum absolute atomic E-state index is 0.0278. The summed E-state index contributed by atoms with van der Waals surface area (Å²) in [5.74, 6) is -2.94. The lowest BCUT2D eigenvalue weighted by atomic mass is 9.94. The topological polar surface area (TPSA) is 0 Å². The summed E-state index contributed by atoms with van der Waals surface area (Å²) in [6.45, 7) is 5.58. The third-order valence-electron chi connectivity index (χ3n) is 4.36. The van der Waals surface area contributed by atoms with Crippen LogP contribution in [0.2, 0.25) is 5.02 Å². The largest absolute Gasteiger partial charge is 0.399 e. The third-order valence-corrected chi connectivity index (χ3v) is 4.73. The van der Waals surface area contributed by atoms with Crippen molar-refractivity contribution >= 4 is 23.0 Å². The molecule has 1 aliphatic rings. The van der Waals surface area contributed by atoms with Crippen LogP contribution in [0.5, 0.6) is 0 Å². The van der Waals surface area contributed by atoms with Gasteiger partial charge in [0.05, 0.1) is 0 Å². The molecule has 2 aromatic rings. The highest BCUT2D eigenvalue weighted by Crippen LogP contribution is 2.43. The Kier molecular flexibility index (Phi) is 4.50. The molecule has 1 atom stereocenters. The van der Waals surface area contributed by atoms with Crippen LogP contribution in [0, 0.1) is 0 Å². The molecule has 0 fully saturated rings. The van der Waals surface area contributed by atoms with Gasteiger partial charge in [-0.3, -0.25) is 0 Å². The van der Waals surface area contributed by atoms with Crippen LogP contribution in [0.25, 0.3) is 11.4 Å². The number of fused-ring (bicyclic) bond motifs is 1. The zero-order valence-corrected chi connectivity index (χ0v) is 14.2. The van der Waals surface area contributed by atoms with Gasteiger partial charge >= 0.3 is 6.18 Å². The first-order valence-corrected chi connectivity index (χ1v) is 8.16. The molecule has 0 radical (unpaired) electrons. The molecule has 0 saturated carbocycles. The van der Waals surface area contributed by atoms with Crippen molar-refractivity contribution in [2.24, 2.45) is 0 Å². The molecule has 1 aliphatic carbocycles. The fourth-order valence-corrected chi connectivity index (χ4v) is 3.07. The maximum absolute atomic E-state index is 14.5. The van der Waals surface area contributed by atoms with Gasteiger partial charge < -0.3 is 0 Å². The van der Waals surface area contributed by atoms with Crippen LogP contribution in [0.4, 0.5) is 17.6 Å². The molecular formula is C20H15ClF4. The van der Waals surface area contributed by atoms with E-state index in [1.165, 1.54) is 30.3 Å². The monoisotopic (exact) mass is 366 g/mol. The molecule has 0 N–H and O–H groups in total. The van der Waals surface area contributed by atoms with Gasteiger partial charge in [-0.2, -0.15) is 13.2 Å². The Hall–Kier alpha value is -2.07. The number of alkyl halides is 3. The summed E-state index contributed by atoms with van der Waals surface area (Å²) < 4.78 is 55.0. The molecular weight excluding hydrogens is 352 g/mol. The average Bonchev–Trinajstić information content (AvgIpc) is 3.21. The van der Waals surface area contributed by atoms with Crippen molar-refractivity contribution in [2.45, 2.75) is 25.4 Å². The van der Waals surface area contributed by atoms with Crippen LogP contribution in [0.3, 0.4) is 0 Å². The van der Waals surface area contributed by atoms with Crippen LogP contribution < -0.4 is 0 Å². The van der Waals surface area contributed by atoms with E-state index in [1.807, 2.05) is 0 Å². The van der Waals surface area contributed by atoms with Crippen LogP contribution in [-0.2, 0) is 6.42 Å². The van der Waals surface area contributed by atoms with Gasteiger partial charge in [0.15, 0.2) is 0 Å². The van der Waals surface area contributed by atoms with Crippen molar-refractivity contribution in [3.05, 3.63) is 81.9 Å². The lowest BCUT2D eigenvalue weighted by Crippen LogP contribution is -2.19. The second-order valence-corrected chi connectivity index (χ2v) is 6.38. The van der Waals surface area contributed by atoms with Crippen molar-refractivity contribution in [1.29, 1.82) is 0 Å². The van der Waals surface area contributed by atoms with E-state index in [1.54, 1.807) is 13.0 Å². The molecule has 0 aliphatic heterocycles. The van der Waals surface area contributed by atoms with E-state index in [4.69, 9.17) is 11.6 Å². The number of aryl methyl sites for hydroxylation is 1. The van der Waals surface area contributed by atoms with E-state index in [2.05, 4.69) is 6.58 Å². The van der Waals surface area contributed by atoms with Crippen molar-refractivity contribution < 1.29 is 17.6 Å². The molecule has 0 amide bonds. The molecule has 25 heavy (non-hydrogen) atoms. The highest BCUT2D eigenvalue weighted by Gasteiger charge is 2.40. The smallest absolute Gasteiger partial charge is 0.207 e. The van der Waals surface area contributed by atoms with Gasteiger partial charge in [0.25, 0.3) is 0 Å². The molecule has 130 valence electrons. The predicted octanol–water partition coefficient (Wildman–Crippen LogP) is 6.93. The first kappa shape index (κ1) is 17.7. The quantitative estimate of drug-likeness (QED) is 0.439. The Morgan fingerprint density at radius 2 is 1.88 bits per heavy atom. The van der Waals surface area contributed by atoms with Crippen LogP contribution in [-0.4, -0.2) is 6.18 Å². The van der Waals surface area contributed by atoms with Crippen LogP contribution in [0.15, 0.2) is 49.1 Å². The molecule has 0 saturated heterocycles. The molecule has 2 aromatic carbocycles.